The highest BCUT2D eigenvalue weighted by atomic mass is 32.1. The van der Waals surface area contributed by atoms with Crippen LogP contribution in [0.2, 0.25) is 0 Å². The molecule has 1 aromatic heterocycles. The standard InChI is InChI=1S/C13H20N2O3S/c1-8-6-9(12(16)11(14)13(17)18)19-10(8)7-15-4-2-3-5-15/h6,11-12,16H,2-5,7,14H2,1H3,(H,17,18). The van der Waals surface area contributed by atoms with Crippen molar-refractivity contribution in [1.82, 2.24) is 4.90 Å². The number of aryl methyl sites for hydroxylation is 1. The van der Waals surface area contributed by atoms with Crippen molar-refractivity contribution in [3.8, 4) is 0 Å². The Balaban J connectivity index is 2.09. The fraction of sp³-hybridized carbons (Fsp3) is 0.615. The number of aliphatic hydroxyl groups excluding tert-OH is 1. The van der Waals surface area contributed by atoms with E-state index in [9.17, 15) is 9.90 Å². The fourth-order valence-electron chi connectivity index (χ4n) is 2.30. The predicted octanol–water partition coefficient (Wildman–Crippen LogP) is 1.10. The summed E-state index contributed by atoms with van der Waals surface area (Å²) in [5.41, 5.74) is 6.56. The van der Waals surface area contributed by atoms with E-state index in [2.05, 4.69) is 4.90 Å². The molecule has 2 unspecified atom stereocenters. The number of carboxylic acid groups (broad SMARTS) is 1. The number of rotatable bonds is 5. The maximum absolute atomic E-state index is 10.8. The summed E-state index contributed by atoms with van der Waals surface area (Å²) in [5, 5.41) is 18.8. The highest BCUT2D eigenvalue weighted by molar-refractivity contribution is 7.12. The van der Waals surface area contributed by atoms with E-state index in [1.54, 1.807) is 0 Å². The number of carboxylic acids is 1. The Labute approximate surface area is 116 Å². The first-order chi connectivity index (χ1) is 8.99. The molecule has 6 heteroatoms. The van der Waals surface area contributed by atoms with Gasteiger partial charge < -0.3 is 15.9 Å². The lowest BCUT2D eigenvalue weighted by molar-refractivity contribution is -0.141. The Kier molecular flexibility index (Phi) is 4.57. The lowest BCUT2D eigenvalue weighted by Gasteiger charge is -2.14. The van der Waals surface area contributed by atoms with E-state index in [4.69, 9.17) is 10.8 Å². The van der Waals surface area contributed by atoms with E-state index >= 15 is 0 Å². The monoisotopic (exact) mass is 284 g/mol. The summed E-state index contributed by atoms with van der Waals surface area (Å²) in [6.45, 7) is 5.10. The molecule has 19 heavy (non-hydrogen) atoms. The van der Waals surface area contributed by atoms with E-state index in [0.717, 1.165) is 25.2 Å². The third-order valence-corrected chi connectivity index (χ3v) is 4.81. The largest absolute Gasteiger partial charge is 0.480 e. The number of thiophene rings is 1. The number of aliphatic hydroxyl groups is 1. The summed E-state index contributed by atoms with van der Waals surface area (Å²) in [6.07, 6.45) is 1.35. The van der Waals surface area contributed by atoms with Crippen LogP contribution in [0.15, 0.2) is 6.07 Å². The third kappa shape index (κ3) is 3.33. The Hall–Kier alpha value is -0.950. The minimum atomic E-state index is -1.27. The summed E-state index contributed by atoms with van der Waals surface area (Å²) in [6, 6.07) is 0.585. The number of aliphatic carboxylic acids is 1. The number of likely N-dealkylation sites (tertiary alicyclic amines) is 1. The molecule has 2 rings (SSSR count). The molecule has 1 aromatic rings. The Morgan fingerprint density at radius 1 is 1.53 bits per heavy atom. The van der Waals surface area contributed by atoms with Gasteiger partial charge in [-0.25, -0.2) is 0 Å². The number of hydrogen-bond acceptors (Lipinski definition) is 5. The lowest BCUT2D eigenvalue weighted by atomic mass is 10.1. The summed E-state index contributed by atoms with van der Waals surface area (Å²) >= 11 is 1.47. The maximum Gasteiger partial charge on any atom is 0.323 e. The van der Waals surface area contributed by atoms with Gasteiger partial charge in [0.15, 0.2) is 0 Å². The van der Waals surface area contributed by atoms with Crippen molar-refractivity contribution in [2.75, 3.05) is 13.1 Å². The van der Waals surface area contributed by atoms with Crippen LogP contribution in [0.4, 0.5) is 0 Å². The first-order valence-electron chi connectivity index (χ1n) is 6.47. The van der Waals surface area contributed by atoms with Gasteiger partial charge in [0.2, 0.25) is 0 Å². The zero-order chi connectivity index (χ0) is 14.0. The van der Waals surface area contributed by atoms with Crippen molar-refractivity contribution in [2.45, 2.75) is 38.5 Å². The molecule has 1 aliphatic rings. The van der Waals surface area contributed by atoms with Crippen LogP contribution in [0, 0.1) is 6.92 Å². The van der Waals surface area contributed by atoms with Gasteiger partial charge in [0.05, 0.1) is 0 Å². The molecule has 0 bridgehead atoms. The molecule has 0 radical (unpaired) electrons. The second-order valence-corrected chi connectivity index (χ2v) is 6.22. The minimum Gasteiger partial charge on any atom is -0.480 e. The van der Waals surface area contributed by atoms with Crippen LogP contribution < -0.4 is 5.73 Å². The van der Waals surface area contributed by atoms with Gasteiger partial charge in [0.1, 0.15) is 12.1 Å². The summed E-state index contributed by atoms with van der Waals surface area (Å²) in [4.78, 5) is 15.0. The van der Waals surface area contributed by atoms with Gasteiger partial charge in [-0.1, -0.05) is 0 Å². The summed E-state index contributed by atoms with van der Waals surface area (Å²) in [5.74, 6) is -1.18. The number of carbonyl (C=O) groups is 1. The average molecular weight is 284 g/mol. The van der Waals surface area contributed by atoms with Gasteiger partial charge in [0.25, 0.3) is 0 Å². The van der Waals surface area contributed by atoms with Crippen molar-refractivity contribution in [2.24, 2.45) is 5.73 Å². The van der Waals surface area contributed by atoms with Crippen molar-refractivity contribution in [3.63, 3.8) is 0 Å². The summed E-state index contributed by atoms with van der Waals surface area (Å²) in [7, 11) is 0. The smallest absolute Gasteiger partial charge is 0.323 e. The quantitative estimate of drug-likeness (QED) is 0.753. The zero-order valence-electron chi connectivity index (χ0n) is 11.0. The van der Waals surface area contributed by atoms with Gasteiger partial charge in [-0.05, 0) is 44.5 Å². The van der Waals surface area contributed by atoms with Gasteiger partial charge in [-0.2, -0.15) is 0 Å². The molecule has 2 heterocycles. The van der Waals surface area contributed by atoms with Crippen LogP contribution in [0.25, 0.3) is 0 Å². The molecular formula is C13H20N2O3S. The second kappa shape index (κ2) is 6.00. The van der Waals surface area contributed by atoms with Crippen molar-refractivity contribution >= 4 is 17.3 Å². The summed E-state index contributed by atoms with van der Waals surface area (Å²) < 4.78 is 0. The molecule has 106 valence electrons. The van der Waals surface area contributed by atoms with E-state index in [1.807, 2.05) is 13.0 Å². The molecule has 4 N–H and O–H groups in total. The van der Waals surface area contributed by atoms with Crippen LogP contribution in [0.5, 0.6) is 0 Å². The highest BCUT2D eigenvalue weighted by Gasteiger charge is 2.26. The van der Waals surface area contributed by atoms with E-state index < -0.39 is 18.1 Å². The predicted molar refractivity (Wildman–Crippen MR) is 74.1 cm³/mol. The second-order valence-electron chi connectivity index (χ2n) is 5.05. The Morgan fingerprint density at radius 3 is 2.74 bits per heavy atom. The molecule has 0 amide bonds. The molecule has 1 aliphatic heterocycles. The zero-order valence-corrected chi connectivity index (χ0v) is 11.8. The molecule has 0 aromatic carbocycles. The van der Waals surface area contributed by atoms with Crippen LogP contribution in [0.1, 0.15) is 34.3 Å². The van der Waals surface area contributed by atoms with Crippen LogP contribution >= 0.6 is 11.3 Å². The molecule has 1 saturated heterocycles. The lowest BCUT2D eigenvalue weighted by Crippen LogP contribution is -2.36. The van der Waals surface area contributed by atoms with Gasteiger partial charge >= 0.3 is 5.97 Å². The number of nitrogens with two attached hydrogens (primary N) is 1. The van der Waals surface area contributed by atoms with E-state index in [-0.39, 0.29) is 0 Å². The first kappa shape index (κ1) is 14.5. The third-order valence-electron chi connectivity index (χ3n) is 3.52. The van der Waals surface area contributed by atoms with Crippen LogP contribution in [-0.2, 0) is 11.3 Å². The van der Waals surface area contributed by atoms with Crippen molar-refractivity contribution in [3.05, 3.63) is 21.4 Å². The Morgan fingerprint density at radius 2 is 2.16 bits per heavy atom. The fourth-order valence-corrected chi connectivity index (χ4v) is 3.56. The number of hydrogen-bond donors (Lipinski definition) is 3. The molecule has 0 spiro atoms. The van der Waals surface area contributed by atoms with Crippen molar-refractivity contribution < 1.29 is 15.0 Å². The van der Waals surface area contributed by atoms with E-state index in [1.165, 1.54) is 29.1 Å². The molecule has 2 atom stereocenters. The number of nitrogens with zero attached hydrogens (tertiary/aromatic N) is 1. The highest BCUT2D eigenvalue weighted by Crippen LogP contribution is 2.30. The van der Waals surface area contributed by atoms with Gasteiger partial charge in [0, 0.05) is 16.3 Å². The SMILES string of the molecule is Cc1cc(C(O)C(N)C(=O)O)sc1CN1CCCC1. The average Bonchev–Trinajstić information content (AvgIpc) is 2.99. The molecule has 5 nitrogen and oxygen atoms in total. The minimum absolute atomic E-state index is 0.640. The molecule has 1 fully saturated rings. The van der Waals surface area contributed by atoms with Gasteiger partial charge in [-0.3, -0.25) is 9.69 Å². The molecule has 0 aliphatic carbocycles. The van der Waals surface area contributed by atoms with Gasteiger partial charge in [-0.15, -0.1) is 11.3 Å². The molecular weight excluding hydrogens is 264 g/mol. The van der Waals surface area contributed by atoms with Crippen LogP contribution in [-0.4, -0.2) is 40.2 Å². The van der Waals surface area contributed by atoms with Crippen LogP contribution in [0.3, 0.4) is 0 Å². The van der Waals surface area contributed by atoms with Crippen molar-refractivity contribution in [1.29, 1.82) is 0 Å². The molecule has 0 saturated carbocycles. The topological polar surface area (TPSA) is 86.8 Å². The maximum atomic E-state index is 10.8. The van der Waals surface area contributed by atoms with E-state index in [0.29, 0.717) is 4.88 Å². The first-order valence-corrected chi connectivity index (χ1v) is 7.28. The normalized spacial score (nSPS) is 19.5. The Bertz CT molecular complexity index is 455.